The van der Waals surface area contributed by atoms with Crippen molar-refractivity contribution in [2.75, 3.05) is 11.9 Å². The first kappa shape index (κ1) is 28.7. The molecule has 1 heterocycles. The van der Waals surface area contributed by atoms with Crippen LogP contribution in [0.4, 0.5) is 5.69 Å². The van der Waals surface area contributed by atoms with E-state index in [-0.39, 0.29) is 24.0 Å². The molecule has 0 amide bonds. The van der Waals surface area contributed by atoms with E-state index in [1.54, 1.807) is 0 Å². The standard InChI is InChI=1S/C29H45N2.HI/c1-3-4-5-6-7-8-9-10-11-12-13-14-18-25-30-28-22-19-26-31(2)29(28)24-23-27-20-16-15-17-21-27;/h15-17,19-24,26,30H,3-14,18,25H2,1-2H3;1H/q+1;/p-1. The van der Waals surface area contributed by atoms with Gasteiger partial charge in [0.25, 0.3) is 0 Å². The van der Waals surface area contributed by atoms with E-state index < -0.39 is 0 Å². The molecule has 2 rings (SSSR count). The number of unbranched alkanes of at least 4 members (excludes halogenated alkanes) is 12. The smallest absolute Gasteiger partial charge is 0.228 e. The van der Waals surface area contributed by atoms with Crippen LogP contribution in [0.15, 0.2) is 48.7 Å². The normalized spacial score (nSPS) is 10.9. The van der Waals surface area contributed by atoms with Gasteiger partial charge in [-0.05, 0) is 24.1 Å². The van der Waals surface area contributed by atoms with Crippen LogP contribution in [0.5, 0.6) is 0 Å². The zero-order valence-corrected chi connectivity index (χ0v) is 22.7. The molecule has 3 heteroatoms. The molecule has 0 spiro atoms. The van der Waals surface area contributed by atoms with Crippen LogP contribution in [-0.2, 0) is 7.05 Å². The van der Waals surface area contributed by atoms with Crippen molar-refractivity contribution in [3.05, 3.63) is 59.9 Å². The summed E-state index contributed by atoms with van der Waals surface area (Å²) in [5.74, 6) is 0. The molecule has 2 aromatic rings. The van der Waals surface area contributed by atoms with Crippen molar-refractivity contribution < 1.29 is 28.5 Å². The number of halogens is 1. The Hall–Kier alpha value is -1.36. The van der Waals surface area contributed by atoms with Gasteiger partial charge in [-0.15, -0.1) is 0 Å². The molecule has 0 bridgehead atoms. The maximum absolute atomic E-state index is 3.66. The number of nitrogens with zero attached hydrogens (tertiary/aromatic N) is 1. The van der Waals surface area contributed by atoms with Gasteiger partial charge in [-0.1, -0.05) is 114 Å². The molecule has 0 atom stereocenters. The number of benzene rings is 1. The number of aromatic nitrogens is 1. The van der Waals surface area contributed by atoms with Gasteiger partial charge in [0.2, 0.25) is 5.69 Å². The summed E-state index contributed by atoms with van der Waals surface area (Å²) >= 11 is 0. The second kappa shape index (κ2) is 19.1. The second-order valence-corrected chi connectivity index (χ2v) is 8.83. The number of aryl methyl sites for hydroxylation is 1. The Morgan fingerprint density at radius 2 is 1.25 bits per heavy atom. The summed E-state index contributed by atoms with van der Waals surface area (Å²) in [6, 6.07) is 14.8. The summed E-state index contributed by atoms with van der Waals surface area (Å²) < 4.78 is 2.19. The molecule has 1 aromatic heterocycles. The summed E-state index contributed by atoms with van der Waals surface area (Å²) in [4.78, 5) is 0. The summed E-state index contributed by atoms with van der Waals surface area (Å²) in [6.07, 6.45) is 24.7. The van der Waals surface area contributed by atoms with Crippen molar-refractivity contribution in [2.45, 2.75) is 90.4 Å². The van der Waals surface area contributed by atoms with Gasteiger partial charge in [-0.25, -0.2) is 0 Å². The van der Waals surface area contributed by atoms with Gasteiger partial charge in [0, 0.05) is 18.7 Å². The van der Waals surface area contributed by atoms with Crippen LogP contribution in [0.25, 0.3) is 12.2 Å². The predicted molar refractivity (Wildman–Crippen MR) is 137 cm³/mol. The zero-order valence-electron chi connectivity index (χ0n) is 20.5. The third-order valence-electron chi connectivity index (χ3n) is 6.06. The Morgan fingerprint density at radius 1 is 0.688 bits per heavy atom. The number of anilines is 1. The Labute approximate surface area is 214 Å². The fourth-order valence-corrected chi connectivity index (χ4v) is 4.09. The maximum atomic E-state index is 3.66. The van der Waals surface area contributed by atoms with Gasteiger partial charge in [0.05, 0.1) is 0 Å². The minimum Gasteiger partial charge on any atom is -1.00 e. The van der Waals surface area contributed by atoms with Crippen molar-refractivity contribution in [1.29, 1.82) is 0 Å². The lowest BCUT2D eigenvalue weighted by atomic mass is 10.0. The van der Waals surface area contributed by atoms with E-state index in [4.69, 9.17) is 0 Å². The molecule has 0 aliphatic heterocycles. The third-order valence-corrected chi connectivity index (χ3v) is 6.06. The highest BCUT2D eigenvalue weighted by atomic mass is 127. The first-order chi connectivity index (χ1) is 15.3. The van der Waals surface area contributed by atoms with Gasteiger partial charge < -0.3 is 29.3 Å². The van der Waals surface area contributed by atoms with E-state index in [9.17, 15) is 0 Å². The Morgan fingerprint density at radius 3 is 1.84 bits per heavy atom. The molecule has 0 aliphatic rings. The highest BCUT2D eigenvalue weighted by molar-refractivity contribution is 5.72. The van der Waals surface area contributed by atoms with Crippen LogP contribution in [0.3, 0.4) is 0 Å². The van der Waals surface area contributed by atoms with Gasteiger partial charge >= 0.3 is 0 Å². The lowest BCUT2D eigenvalue weighted by molar-refractivity contribution is -0.672. The number of pyridine rings is 1. The van der Waals surface area contributed by atoms with Gasteiger partial charge in [-0.2, -0.15) is 4.57 Å². The molecule has 32 heavy (non-hydrogen) atoms. The van der Waals surface area contributed by atoms with Crippen molar-refractivity contribution in [3.63, 3.8) is 0 Å². The quantitative estimate of drug-likeness (QED) is 0.164. The van der Waals surface area contributed by atoms with Gasteiger partial charge in [-0.3, -0.25) is 0 Å². The molecule has 0 radical (unpaired) electrons. The Balaban J connectivity index is 0.00000512. The summed E-state index contributed by atoms with van der Waals surface area (Å²) in [5.41, 5.74) is 3.67. The van der Waals surface area contributed by atoms with E-state index in [1.165, 1.54) is 100 Å². The number of hydrogen-bond donors (Lipinski definition) is 1. The van der Waals surface area contributed by atoms with E-state index >= 15 is 0 Å². The molecule has 0 aliphatic carbocycles. The van der Waals surface area contributed by atoms with Crippen LogP contribution < -0.4 is 33.9 Å². The molecule has 2 nitrogen and oxygen atoms in total. The second-order valence-electron chi connectivity index (χ2n) is 8.83. The first-order valence-electron chi connectivity index (χ1n) is 12.8. The fourth-order valence-electron chi connectivity index (χ4n) is 4.09. The van der Waals surface area contributed by atoms with Crippen LogP contribution in [0.1, 0.15) is 102 Å². The molecule has 1 aromatic carbocycles. The summed E-state index contributed by atoms with van der Waals surface area (Å²) in [5, 5.41) is 3.66. The molecule has 178 valence electrons. The molecular weight excluding hydrogens is 503 g/mol. The average molecular weight is 549 g/mol. The topological polar surface area (TPSA) is 15.9 Å². The highest BCUT2D eigenvalue weighted by Gasteiger charge is 2.09. The Kier molecular flexibility index (Phi) is 17.2. The minimum absolute atomic E-state index is 0. The Bertz CT molecular complexity index is 727. The maximum Gasteiger partial charge on any atom is 0.228 e. The van der Waals surface area contributed by atoms with Crippen molar-refractivity contribution >= 4 is 17.8 Å². The van der Waals surface area contributed by atoms with Crippen molar-refractivity contribution in [3.8, 4) is 0 Å². The number of rotatable bonds is 17. The zero-order chi connectivity index (χ0) is 22.0. The van der Waals surface area contributed by atoms with Crippen LogP contribution in [-0.4, -0.2) is 6.54 Å². The lowest BCUT2D eigenvalue weighted by Crippen LogP contribution is -3.00. The fraction of sp³-hybridized carbons (Fsp3) is 0.552. The molecule has 0 fully saturated rings. The monoisotopic (exact) mass is 548 g/mol. The minimum atomic E-state index is 0. The predicted octanol–water partition coefficient (Wildman–Crippen LogP) is 5.19. The average Bonchev–Trinajstić information content (AvgIpc) is 2.79. The number of nitrogens with one attached hydrogen (secondary N) is 1. The molecular formula is C29H45IN2. The molecule has 0 saturated carbocycles. The van der Waals surface area contributed by atoms with Crippen molar-refractivity contribution in [2.24, 2.45) is 7.05 Å². The SMILES string of the molecule is CCCCCCCCCCCCCCCNc1ccc[n+](C)c1C=Cc1ccccc1.[I-]. The molecule has 0 saturated heterocycles. The highest BCUT2D eigenvalue weighted by Crippen LogP contribution is 2.16. The lowest BCUT2D eigenvalue weighted by Gasteiger charge is -2.08. The van der Waals surface area contributed by atoms with Gasteiger partial charge in [0.1, 0.15) is 12.7 Å². The van der Waals surface area contributed by atoms with E-state index in [1.807, 2.05) is 0 Å². The number of hydrogen-bond acceptors (Lipinski definition) is 1. The largest absolute Gasteiger partial charge is 1.00 e. The first-order valence-corrected chi connectivity index (χ1v) is 12.8. The van der Waals surface area contributed by atoms with Gasteiger partial charge in [0.15, 0.2) is 6.20 Å². The molecule has 1 N–H and O–H groups in total. The van der Waals surface area contributed by atoms with E-state index in [2.05, 4.69) is 84.7 Å². The summed E-state index contributed by atoms with van der Waals surface area (Å²) in [6.45, 7) is 3.34. The van der Waals surface area contributed by atoms with Crippen LogP contribution in [0.2, 0.25) is 0 Å². The van der Waals surface area contributed by atoms with Crippen LogP contribution in [0, 0.1) is 0 Å². The van der Waals surface area contributed by atoms with Crippen LogP contribution >= 0.6 is 0 Å². The van der Waals surface area contributed by atoms with E-state index in [0.717, 1.165) is 6.54 Å². The molecule has 0 unspecified atom stereocenters. The summed E-state index contributed by atoms with van der Waals surface area (Å²) in [7, 11) is 2.11. The van der Waals surface area contributed by atoms with E-state index in [0.29, 0.717) is 0 Å². The van der Waals surface area contributed by atoms with Crippen molar-refractivity contribution in [1.82, 2.24) is 0 Å². The third kappa shape index (κ3) is 12.6.